The highest BCUT2D eigenvalue weighted by molar-refractivity contribution is 6.31. The summed E-state index contributed by atoms with van der Waals surface area (Å²) < 4.78 is 5.23. The molecule has 1 aromatic carbocycles. The van der Waals surface area contributed by atoms with Crippen LogP contribution < -0.4 is 10.1 Å². The van der Waals surface area contributed by atoms with Crippen molar-refractivity contribution in [1.29, 1.82) is 0 Å². The summed E-state index contributed by atoms with van der Waals surface area (Å²) in [5, 5.41) is 3.75. The van der Waals surface area contributed by atoms with E-state index in [0.717, 1.165) is 43.8 Å². The number of halogens is 1. The average Bonchev–Trinajstić information content (AvgIpc) is 2.74. The minimum atomic E-state index is -0.722. The van der Waals surface area contributed by atoms with Gasteiger partial charge in [0.05, 0.1) is 7.11 Å². The topological polar surface area (TPSA) is 61.9 Å². The number of ether oxygens (including phenoxy) is 1. The quantitative estimate of drug-likeness (QED) is 0.654. The molecule has 0 saturated carbocycles. The molecule has 2 aliphatic rings. The first kappa shape index (κ1) is 23.9. The minimum absolute atomic E-state index is 0.0241. The van der Waals surface area contributed by atoms with E-state index in [1.165, 1.54) is 0 Å². The molecule has 0 radical (unpaired) electrons. The predicted octanol–water partition coefficient (Wildman–Crippen LogP) is 3.86. The standard InChI is InChI=1S/C24H36ClN3O3/c1-5-6-11-28-22(29)21(14-17(2)3)26-23(30)24(28)9-12-27(13-10-24)16-18-7-8-19(31-4)15-20(18)25/h7-8,15,17,21H,5-6,9-14,16H2,1-4H3,(H,26,30). The van der Waals surface area contributed by atoms with Crippen LogP contribution in [0.2, 0.25) is 5.02 Å². The van der Waals surface area contributed by atoms with Gasteiger partial charge in [0.1, 0.15) is 17.3 Å². The fourth-order valence-corrected chi connectivity index (χ4v) is 4.98. The van der Waals surface area contributed by atoms with E-state index >= 15 is 0 Å². The van der Waals surface area contributed by atoms with Gasteiger partial charge in [0.25, 0.3) is 0 Å². The van der Waals surface area contributed by atoms with Crippen LogP contribution in [0.25, 0.3) is 0 Å². The molecular weight excluding hydrogens is 414 g/mol. The van der Waals surface area contributed by atoms with E-state index < -0.39 is 11.6 Å². The molecule has 2 amide bonds. The van der Waals surface area contributed by atoms with Crippen LogP contribution in [0.5, 0.6) is 5.75 Å². The average molecular weight is 450 g/mol. The second-order valence-corrected chi connectivity index (χ2v) is 9.67. The van der Waals surface area contributed by atoms with Crippen molar-refractivity contribution in [3.05, 3.63) is 28.8 Å². The molecule has 2 fully saturated rings. The summed E-state index contributed by atoms with van der Waals surface area (Å²) >= 11 is 6.43. The Hall–Kier alpha value is -1.79. The van der Waals surface area contributed by atoms with Gasteiger partial charge in [-0.2, -0.15) is 0 Å². The summed E-state index contributed by atoms with van der Waals surface area (Å²) in [5.41, 5.74) is 0.322. The number of carbonyl (C=O) groups excluding carboxylic acids is 2. The van der Waals surface area contributed by atoms with Crippen LogP contribution in [-0.2, 0) is 16.1 Å². The Morgan fingerprint density at radius 3 is 2.55 bits per heavy atom. The number of rotatable bonds is 8. The Morgan fingerprint density at radius 2 is 1.97 bits per heavy atom. The summed E-state index contributed by atoms with van der Waals surface area (Å²) in [5.74, 6) is 1.21. The molecule has 2 heterocycles. The highest BCUT2D eigenvalue weighted by Gasteiger charge is 2.53. The maximum atomic E-state index is 13.3. The summed E-state index contributed by atoms with van der Waals surface area (Å²) in [6.07, 6.45) is 3.90. The molecule has 0 bridgehead atoms. The summed E-state index contributed by atoms with van der Waals surface area (Å²) in [4.78, 5) is 30.9. The SMILES string of the molecule is CCCCN1C(=O)C(CC(C)C)NC(=O)C12CCN(Cc1ccc(OC)cc1Cl)CC2. The van der Waals surface area contributed by atoms with Crippen molar-refractivity contribution in [2.45, 2.75) is 71.0 Å². The molecule has 2 saturated heterocycles. The van der Waals surface area contributed by atoms with Gasteiger partial charge in [0.2, 0.25) is 11.8 Å². The van der Waals surface area contributed by atoms with Crippen LogP contribution in [0.4, 0.5) is 0 Å². The number of nitrogens with zero attached hydrogens (tertiary/aromatic N) is 2. The van der Waals surface area contributed by atoms with Gasteiger partial charge in [-0.15, -0.1) is 0 Å². The molecule has 31 heavy (non-hydrogen) atoms. The van der Waals surface area contributed by atoms with Gasteiger partial charge >= 0.3 is 0 Å². The number of piperazine rings is 1. The molecule has 2 aliphatic heterocycles. The molecule has 1 spiro atoms. The van der Waals surface area contributed by atoms with E-state index in [2.05, 4.69) is 31.0 Å². The van der Waals surface area contributed by atoms with Crippen molar-refractivity contribution in [2.75, 3.05) is 26.7 Å². The highest BCUT2D eigenvalue weighted by Crippen LogP contribution is 2.35. The number of hydrogen-bond acceptors (Lipinski definition) is 4. The Morgan fingerprint density at radius 1 is 1.26 bits per heavy atom. The summed E-state index contributed by atoms with van der Waals surface area (Å²) in [7, 11) is 1.63. The van der Waals surface area contributed by atoms with Gasteiger partial charge in [-0.3, -0.25) is 14.5 Å². The van der Waals surface area contributed by atoms with Crippen molar-refractivity contribution in [3.63, 3.8) is 0 Å². The largest absolute Gasteiger partial charge is 0.497 e. The number of amides is 2. The lowest BCUT2D eigenvalue weighted by atomic mass is 9.80. The molecule has 1 atom stereocenters. The van der Waals surface area contributed by atoms with E-state index in [1.54, 1.807) is 7.11 Å². The lowest BCUT2D eigenvalue weighted by molar-refractivity contribution is -0.161. The fraction of sp³-hybridized carbons (Fsp3) is 0.667. The summed E-state index contributed by atoms with van der Waals surface area (Å²) in [6.45, 7) is 9.17. The smallest absolute Gasteiger partial charge is 0.246 e. The van der Waals surface area contributed by atoms with Gasteiger partial charge in [-0.05, 0) is 49.3 Å². The van der Waals surface area contributed by atoms with E-state index in [9.17, 15) is 9.59 Å². The first-order valence-electron chi connectivity index (χ1n) is 11.5. The van der Waals surface area contributed by atoms with Crippen LogP contribution >= 0.6 is 11.6 Å². The Bertz CT molecular complexity index is 790. The van der Waals surface area contributed by atoms with Gasteiger partial charge in [-0.1, -0.05) is 44.9 Å². The fourth-order valence-electron chi connectivity index (χ4n) is 4.75. The van der Waals surface area contributed by atoms with Crippen LogP contribution in [-0.4, -0.2) is 59.9 Å². The lowest BCUT2D eigenvalue weighted by Gasteiger charge is -2.52. The first-order valence-corrected chi connectivity index (χ1v) is 11.9. The molecule has 0 aliphatic carbocycles. The normalized spacial score (nSPS) is 21.6. The number of unbranched alkanes of at least 4 members (excludes halogenated alkanes) is 1. The third-order valence-electron chi connectivity index (χ3n) is 6.59. The second kappa shape index (κ2) is 10.2. The molecule has 1 aromatic rings. The number of hydrogen-bond donors (Lipinski definition) is 1. The zero-order chi connectivity index (χ0) is 22.6. The van der Waals surface area contributed by atoms with Crippen LogP contribution in [0.3, 0.4) is 0 Å². The van der Waals surface area contributed by atoms with Gasteiger partial charge in [-0.25, -0.2) is 0 Å². The first-order chi connectivity index (χ1) is 14.8. The third kappa shape index (κ3) is 5.17. The number of benzene rings is 1. The highest BCUT2D eigenvalue weighted by atomic mass is 35.5. The molecule has 3 rings (SSSR count). The van der Waals surface area contributed by atoms with Crippen molar-refractivity contribution < 1.29 is 14.3 Å². The van der Waals surface area contributed by atoms with Crippen LogP contribution in [0.15, 0.2) is 18.2 Å². The molecule has 6 nitrogen and oxygen atoms in total. The van der Waals surface area contributed by atoms with E-state index in [1.807, 2.05) is 23.1 Å². The summed E-state index contributed by atoms with van der Waals surface area (Å²) in [6, 6.07) is 5.34. The zero-order valence-corrected chi connectivity index (χ0v) is 20.0. The molecule has 1 unspecified atom stereocenters. The molecular formula is C24H36ClN3O3. The van der Waals surface area contributed by atoms with Crippen molar-refractivity contribution >= 4 is 23.4 Å². The van der Waals surface area contributed by atoms with E-state index in [-0.39, 0.29) is 11.8 Å². The number of piperidine rings is 1. The van der Waals surface area contributed by atoms with E-state index in [0.29, 0.717) is 36.7 Å². The third-order valence-corrected chi connectivity index (χ3v) is 6.94. The van der Waals surface area contributed by atoms with Gasteiger partial charge in [0, 0.05) is 31.2 Å². The van der Waals surface area contributed by atoms with Gasteiger partial charge < -0.3 is 15.0 Å². The van der Waals surface area contributed by atoms with Crippen molar-refractivity contribution in [3.8, 4) is 5.75 Å². The monoisotopic (exact) mass is 449 g/mol. The molecule has 0 aromatic heterocycles. The molecule has 172 valence electrons. The number of likely N-dealkylation sites (tertiary alicyclic amines) is 1. The Balaban J connectivity index is 1.72. The van der Waals surface area contributed by atoms with Gasteiger partial charge in [0.15, 0.2) is 0 Å². The number of carbonyl (C=O) groups is 2. The molecule has 1 N–H and O–H groups in total. The maximum Gasteiger partial charge on any atom is 0.246 e. The van der Waals surface area contributed by atoms with E-state index in [4.69, 9.17) is 16.3 Å². The van der Waals surface area contributed by atoms with Crippen molar-refractivity contribution in [1.82, 2.24) is 15.1 Å². The predicted molar refractivity (Wildman–Crippen MR) is 123 cm³/mol. The maximum absolute atomic E-state index is 13.3. The number of methoxy groups -OCH3 is 1. The Kier molecular flexibility index (Phi) is 7.87. The van der Waals surface area contributed by atoms with Crippen LogP contribution in [0.1, 0.15) is 58.4 Å². The Labute approximate surface area is 191 Å². The minimum Gasteiger partial charge on any atom is -0.497 e. The lowest BCUT2D eigenvalue weighted by Crippen LogP contribution is -2.73. The zero-order valence-electron chi connectivity index (χ0n) is 19.2. The second-order valence-electron chi connectivity index (χ2n) is 9.26. The molecule has 7 heteroatoms. The van der Waals surface area contributed by atoms with Crippen LogP contribution in [0, 0.1) is 5.92 Å². The number of nitrogens with one attached hydrogen (secondary N) is 1. The van der Waals surface area contributed by atoms with Crippen molar-refractivity contribution in [2.24, 2.45) is 5.92 Å².